The number of hydrogen-bond acceptors (Lipinski definition) is 2. The smallest absolute Gasteiger partial charge is 0.191 e. The van der Waals surface area contributed by atoms with E-state index in [2.05, 4.69) is 41.5 Å². The number of aryl methyl sites for hydroxylation is 1. The van der Waals surface area contributed by atoms with Gasteiger partial charge in [0.1, 0.15) is 0 Å². The minimum atomic E-state index is 0. The lowest BCUT2D eigenvalue weighted by molar-refractivity contribution is 0.569. The standard InChI is InChI=1S/C13H25N5.HI/c1-4-14-13(16-11-12(2)3)15-7-5-9-18-10-6-8-17-18;/h6,8,10,12H,4-5,7,9,11H2,1-3H3,(H2,14,15,16);1H. The maximum absolute atomic E-state index is 4.52. The molecule has 0 aliphatic rings. The summed E-state index contributed by atoms with van der Waals surface area (Å²) >= 11 is 0. The van der Waals surface area contributed by atoms with Crippen LogP contribution < -0.4 is 10.6 Å². The van der Waals surface area contributed by atoms with Gasteiger partial charge in [-0.25, -0.2) is 0 Å². The van der Waals surface area contributed by atoms with Gasteiger partial charge in [0.2, 0.25) is 0 Å². The van der Waals surface area contributed by atoms with Gasteiger partial charge < -0.3 is 10.6 Å². The van der Waals surface area contributed by atoms with Crippen LogP contribution in [-0.2, 0) is 6.54 Å². The molecule has 1 heterocycles. The highest BCUT2D eigenvalue weighted by Gasteiger charge is 1.98. The molecule has 0 amide bonds. The molecule has 110 valence electrons. The van der Waals surface area contributed by atoms with Crippen molar-refractivity contribution < 1.29 is 0 Å². The van der Waals surface area contributed by atoms with Gasteiger partial charge in [0.15, 0.2) is 5.96 Å². The molecule has 0 bridgehead atoms. The van der Waals surface area contributed by atoms with E-state index >= 15 is 0 Å². The number of nitrogens with zero attached hydrogens (tertiary/aromatic N) is 3. The zero-order valence-electron chi connectivity index (χ0n) is 12.1. The Morgan fingerprint density at radius 2 is 2.16 bits per heavy atom. The van der Waals surface area contributed by atoms with Crippen LogP contribution in [0, 0.1) is 5.92 Å². The maximum atomic E-state index is 4.52. The number of halogens is 1. The first-order valence-corrected chi connectivity index (χ1v) is 6.72. The lowest BCUT2D eigenvalue weighted by Gasteiger charge is -2.11. The fourth-order valence-corrected chi connectivity index (χ4v) is 1.50. The molecule has 5 nitrogen and oxygen atoms in total. The molecule has 0 radical (unpaired) electrons. The van der Waals surface area contributed by atoms with Crippen LogP contribution in [0.25, 0.3) is 0 Å². The van der Waals surface area contributed by atoms with Gasteiger partial charge in [0, 0.05) is 38.6 Å². The van der Waals surface area contributed by atoms with E-state index in [9.17, 15) is 0 Å². The second-order valence-corrected chi connectivity index (χ2v) is 4.66. The van der Waals surface area contributed by atoms with Crippen LogP contribution in [0.4, 0.5) is 0 Å². The first-order chi connectivity index (χ1) is 8.72. The molecule has 6 heteroatoms. The summed E-state index contributed by atoms with van der Waals surface area (Å²) in [5.41, 5.74) is 0. The summed E-state index contributed by atoms with van der Waals surface area (Å²) in [6.45, 7) is 10.0. The molecule has 0 fully saturated rings. The summed E-state index contributed by atoms with van der Waals surface area (Å²) in [5.74, 6) is 1.50. The summed E-state index contributed by atoms with van der Waals surface area (Å²) in [4.78, 5) is 4.52. The predicted octanol–water partition coefficient (Wildman–Crippen LogP) is 2.10. The highest BCUT2D eigenvalue weighted by Crippen LogP contribution is 1.92. The van der Waals surface area contributed by atoms with Gasteiger partial charge in [-0.1, -0.05) is 13.8 Å². The van der Waals surface area contributed by atoms with Gasteiger partial charge in [-0.2, -0.15) is 5.10 Å². The first kappa shape index (κ1) is 18.2. The van der Waals surface area contributed by atoms with E-state index in [4.69, 9.17) is 0 Å². The van der Waals surface area contributed by atoms with Crippen molar-refractivity contribution in [2.24, 2.45) is 10.9 Å². The Morgan fingerprint density at radius 3 is 2.74 bits per heavy atom. The summed E-state index contributed by atoms with van der Waals surface area (Å²) in [5, 5.41) is 10.8. The molecule has 0 aliphatic heterocycles. The van der Waals surface area contributed by atoms with Gasteiger partial charge in [-0.15, -0.1) is 24.0 Å². The molecule has 0 unspecified atom stereocenters. The molecule has 0 atom stereocenters. The van der Waals surface area contributed by atoms with Crippen molar-refractivity contribution in [3.05, 3.63) is 18.5 Å². The Hall–Kier alpha value is -0.790. The largest absolute Gasteiger partial charge is 0.357 e. The quantitative estimate of drug-likeness (QED) is 0.330. The van der Waals surface area contributed by atoms with Crippen LogP contribution in [0.1, 0.15) is 27.2 Å². The summed E-state index contributed by atoms with van der Waals surface area (Å²) in [6.07, 6.45) is 4.83. The zero-order valence-corrected chi connectivity index (χ0v) is 14.4. The number of nitrogens with one attached hydrogen (secondary N) is 2. The molecule has 0 aromatic carbocycles. The molecular weight excluding hydrogens is 353 g/mol. The van der Waals surface area contributed by atoms with Gasteiger partial charge in [0.25, 0.3) is 0 Å². The molecule has 1 aromatic rings. The highest BCUT2D eigenvalue weighted by atomic mass is 127. The van der Waals surface area contributed by atoms with Crippen molar-refractivity contribution in [3.63, 3.8) is 0 Å². The lowest BCUT2D eigenvalue weighted by Crippen LogP contribution is -2.38. The molecule has 19 heavy (non-hydrogen) atoms. The third-order valence-electron chi connectivity index (χ3n) is 2.37. The molecular formula is C13H26IN5. The Bertz CT molecular complexity index is 335. The number of guanidine groups is 1. The van der Waals surface area contributed by atoms with Crippen molar-refractivity contribution in [2.45, 2.75) is 33.7 Å². The highest BCUT2D eigenvalue weighted by molar-refractivity contribution is 14.0. The van der Waals surface area contributed by atoms with Crippen LogP contribution in [-0.4, -0.2) is 35.4 Å². The minimum Gasteiger partial charge on any atom is -0.357 e. The van der Waals surface area contributed by atoms with E-state index in [1.54, 1.807) is 0 Å². The van der Waals surface area contributed by atoms with Gasteiger partial charge in [-0.05, 0) is 25.3 Å². The Labute approximate surface area is 133 Å². The summed E-state index contributed by atoms with van der Waals surface area (Å²) < 4.78 is 1.94. The molecule has 2 N–H and O–H groups in total. The van der Waals surface area contributed by atoms with Crippen molar-refractivity contribution in [2.75, 3.05) is 19.6 Å². The molecule has 1 aromatic heterocycles. The minimum absolute atomic E-state index is 0. The third-order valence-corrected chi connectivity index (χ3v) is 2.37. The molecule has 1 rings (SSSR count). The monoisotopic (exact) mass is 379 g/mol. The summed E-state index contributed by atoms with van der Waals surface area (Å²) in [7, 11) is 0. The number of rotatable bonds is 7. The van der Waals surface area contributed by atoms with Crippen LogP contribution in [0.15, 0.2) is 23.5 Å². The number of aromatic nitrogens is 2. The average Bonchev–Trinajstić information content (AvgIpc) is 2.84. The van der Waals surface area contributed by atoms with E-state index in [1.807, 2.05) is 23.1 Å². The zero-order chi connectivity index (χ0) is 13.2. The van der Waals surface area contributed by atoms with Crippen LogP contribution in [0.5, 0.6) is 0 Å². The average molecular weight is 379 g/mol. The topological polar surface area (TPSA) is 54.2 Å². The van der Waals surface area contributed by atoms with E-state index in [-0.39, 0.29) is 24.0 Å². The molecule has 0 aliphatic carbocycles. The Kier molecular flexibility index (Phi) is 10.6. The van der Waals surface area contributed by atoms with E-state index in [0.717, 1.165) is 38.6 Å². The van der Waals surface area contributed by atoms with Gasteiger partial charge in [-0.3, -0.25) is 9.67 Å². The second kappa shape index (κ2) is 11.1. The van der Waals surface area contributed by atoms with Crippen molar-refractivity contribution in [1.82, 2.24) is 20.4 Å². The SMILES string of the molecule is CCNC(=NCC(C)C)NCCCn1cccn1.I. The molecule has 0 spiro atoms. The summed E-state index contributed by atoms with van der Waals surface area (Å²) in [6, 6.07) is 1.95. The maximum Gasteiger partial charge on any atom is 0.191 e. The molecule has 0 saturated heterocycles. The second-order valence-electron chi connectivity index (χ2n) is 4.66. The van der Waals surface area contributed by atoms with Gasteiger partial charge in [0.05, 0.1) is 0 Å². The van der Waals surface area contributed by atoms with E-state index < -0.39 is 0 Å². The van der Waals surface area contributed by atoms with Crippen LogP contribution in [0.3, 0.4) is 0 Å². The Balaban J connectivity index is 0.00000324. The first-order valence-electron chi connectivity index (χ1n) is 6.72. The fourth-order valence-electron chi connectivity index (χ4n) is 1.50. The lowest BCUT2D eigenvalue weighted by atomic mass is 10.2. The predicted molar refractivity (Wildman–Crippen MR) is 91.1 cm³/mol. The fraction of sp³-hybridized carbons (Fsp3) is 0.692. The number of hydrogen-bond donors (Lipinski definition) is 2. The van der Waals surface area contributed by atoms with E-state index in [0.29, 0.717) is 5.92 Å². The van der Waals surface area contributed by atoms with Crippen molar-refractivity contribution >= 4 is 29.9 Å². The van der Waals surface area contributed by atoms with Crippen molar-refractivity contribution in [1.29, 1.82) is 0 Å². The Morgan fingerprint density at radius 1 is 1.37 bits per heavy atom. The molecule has 0 saturated carbocycles. The van der Waals surface area contributed by atoms with Gasteiger partial charge >= 0.3 is 0 Å². The van der Waals surface area contributed by atoms with Crippen molar-refractivity contribution in [3.8, 4) is 0 Å². The number of aliphatic imine (C=N–C) groups is 1. The third kappa shape index (κ3) is 8.85. The van der Waals surface area contributed by atoms with E-state index in [1.165, 1.54) is 0 Å². The van der Waals surface area contributed by atoms with Crippen LogP contribution in [0.2, 0.25) is 0 Å². The van der Waals surface area contributed by atoms with Crippen LogP contribution >= 0.6 is 24.0 Å². The normalized spacial score (nSPS) is 11.3.